The van der Waals surface area contributed by atoms with Gasteiger partial charge in [0.2, 0.25) is 0 Å². The second-order valence-corrected chi connectivity index (χ2v) is 3.46. The van der Waals surface area contributed by atoms with E-state index in [2.05, 4.69) is 4.52 Å². The molecule has 0 bridgehead atoms. The van der Waals surface area contributed by atoms with Crippen LogP contribution in [-0.4, -0.2) is 28.6 Å². The molecule has 11 heavy (non-hydrogen) atoms. The molecule has 1 saturated heterocycles. The van der Waals surface area contributed by atoms with E-state index in [-0.39, 0.29) is 12.2 Å². The van der Waals surface area contributed by atoms with E-state index in [0.717, 1.165) is 12.8 Å². The van der Waals surface area contributed by atoms with Gasteiger partial charge in [-0.25, -0.2) is 0 Å². The van der Waals surface area contributed by atoms with Gasteiger partial charge in [0.15, 0.2) is 0 Å². The average Bonchev–Trinajstić information content (AvgIpc) is 2.31. The SMILES string of the molecule is C[C@H]1CC[C@@H](COP(O)O)O1. The van der Waals surface area contributed by atoms with Crippen LogP contribution in [0, 0.1) is 0 Å². The van der Waals surface area contributed by atoms with Crippen molar-refractivity contribution in [1.29, 1.82) is 0 Å². The third-order valence-electron chi connectivity index (χ3n) is 1.70. The molecule has 1 heterocycles. The highest BCUT2D eigenvalue weighted by atomic mass is 31.2. The summed E-state index contributed by atoms with van der Waals surface area (Å²) in [4.78, 5) is 16.8. The van der Waals surface area contributed by atoms with Gasteiger partial charge in [-0.2, -0.15) is 0 Å². The van der Waals surface area contributed by atoms with Crippen molar-refractivity contribution in [3.05, 3.63) is 0 Å². The summed E-state index contributed by atoms with van der Waals surface area (Å²) >= 11 is 0. The molecule has 2 N–H and O–H groups in total. The first-order valence-electron chi connectivity index (χ1n) is 3.64. The van der Waals surface area contributed by atoms with Gasteiger partial charge in [0.1, 0.15) is 0 Å². The Bertz CT molecular complexity index is 119. The standard InChI is InChI=1S/C6H13O4P/c1-5-2-3-6(10-5)4-9-11(7)8/h5-8H,2-4H2,1H3/t5-,6-/m0/s1. The first-order chi connectivity index (χ1) is 5.18. The van der Waals surface area contributed by atoms with Crippen molar-refractivity contribution in [2.75, 3.05) is 6.61 Å². The van der Waals surface area contributed by atoms with Crippen LogP contribution in [0.25, 0.3) is 0 Å². The van der Waals surface area contributed by atoms with E-state index in [0.29, 0.717) is 6.61 Å². The van der Waals surface area contributed by atoms with E-state index < -0.39 is 8.60 Å². The molecule has 0 aromatic heterocycles. The third-order valence-corrected chi connectivity index (χ3v) is 2.08. The summed E-state index contributed by atoms with van der Waals surface area (Å²) in [5.41, 5.74) is 0. The van der Waals surface area contributed by atoms with Crippen molar-refractivity contribution < 1.29 is 19.0 Å². The second-order valence-electron chi connectivity index (χ2n) is 2.69. The molecule has 4 nitrogen and oxygen atoms in total. The maximum atomic E-state index is 8.42. The molecule has 5 heteroatoms. The lowest BCUT2D eigenvalue weighted by molar-refractivity contribution is 0.0235. The lowest BCUT2D eigenvalue weighted by Crippen LogP contribution is -2.14. The molecule has 0 radical (unpaired) electrons. The van der Waals surface area contributed by atoms with E-state index in [4.69, 9.17) is 14.5 Å². The van der Waals surface area contributed by atoms with Gasteiger partial charge >= 0.3 is 8.60 Å². The molecule has 0 aromatic carbocycles. The molecule has 1 aliphatic rings. The van der Waals surface area contributed by atoms with Crippen molar-refractivity contribution in [1.82, 2.24) is 0 Å². The van der Waals surface area contributed by atoms with Gasteiger partial charge < -0.3 is 19.0 Å². The Kier molecular flexibility index (Phi) is 3.69. The van der Waals surface area contributed by atoms with Crippen LogP contribution in [0.2, 0.25) is 0 Å². The fraction of sp³-hybridized carbons (Fsp3) is 1.00. The van der Waals surface area contributed by atoms with Gasteiger partial charge in [0, 0.05) is 0 Å². The first kappa shape index (κ1) is 9.36. The lowest BCUT2D eigenvalue weighted by atomic mass is 10.2. The molecule has 0 aromatic rings. The van der Waals surface area contributed by atoms with Gasteiger partial charge in [-0.3, -0.25) is 0 Å². The Morgan fingerprint density at radius 2 is 2.27 bits per heavy atom. The molecule has 0 saturated carbocycles. The fourth-order valence-corrected chi connectivity index (χ4v) is 1.46. The molecule has 1 fully saturated rings. The third kappa shape index (κ3) is 3.45. The summed E-state index contributed by atoms with van der Waals surface area (Å²) in [6, 6.07) is 0. The van der Waals surface area contributed by atoms with Crippen LogP contribution in [0.15, 0.2) is 0 Å². The monoisotopic (exact) mass is 180 g/mol. The number of ether oxygens (including phenoxy) is 1. The molecule has 0 aliphatic carbocycles. The molecule has 66 valence electrons. The van der Waals surface area contributed by atoms with Gasteiger partial charge in [0.25, 0.3) is 0 Å². The van der Waals surface area contributed by atoms with Crippen LogP contribution in [0.1, 0.15) is 19.8 Å². The predicted molar refractivity (Wildman–Crippen MR) is 40.9 cm³/mol. The normalized spacial score (nSPS) is 31.6. The van der Waals surface area contributed by atoms with Crippen LogP contribution >= 0.6 is 8.60 Å². The van der Waals surface area contributed by atoms with Crippen molar-refractivity contribution in [2.45, 2.75) is 32.0 Å². The zero-order valence-electron chi connectivity index (χ0n) is 6.43. The van der Waals surface area contributed by atoms with Gasteiger partial charge in [-0.05, 0) is 19.8 Å². The summed E-state index contributed by atoms with van der Waals surface area (Å²) in [5.74, 6) is 0. The zero-order chi connectivity index (χ0) is 8.27. The highest BCUT2D eigenvalue weighted by Crippen LogP contribution is 2.27. The minimum absolute atomic E-state index is 0.0503. The maximum Gasteiger partial charge on any atom is 0.327 e. The summed E-state index contributed by atoms with van der Waals surface area (Å²) in [5, 5.41) is 0. The molecule has 2 atom stereocenters. The smallest absolute Gasteiger partial charge is 0.327 e. The molecular weight excluding hydrogens is 167 g/mol. The zero-order valence-corrected chi connectivity index (χ0v) is 7.33. The molecule has 0 unspecified atom stereocenters. The highest BCUT2D eigenvalue weighted by Gasteiger charge is 2.22. The first-order valence-corrected chi connectivity index (χ1v) is 4.81. The van der Waals surface area contributed by atoms with Gasteiger partial charge in [-0.1, -0.05) is 0 Å². The van der Waals surface area contributed by atoms with E-state index in [1.807, 2.05) is 6.92 Å². The topological polar surface area (TPSA) is 58.9 Å². The number of hydrogen-bond acceptors (Lipinski definition) is 4. The quantitative estimate of drug-likeness (QED) is 0.630. The van der Waals surface area contributed by atoms with Crippen LogP contribution in [-0.2, 0) is 9.26 Å². The van der Waals surface area contributed by atoms with Crippen LogP contribution in [0.3, 0.4) is 0 Å². The van der Waals surface area contributed by atoms with Crippen molar-refractivity contribution in [3.63, 3.8) is 0 Å². The van der Waals surface area contributed by atoms with E-state index in [9.17, 15) is 0 Å². The molecule has 1 aliphatic heterocycles. The van der Waals surface area contributed by atoms with E-state index >= 15 is 0 Å². The Morgan fingerprint density at radius 3 is 2.73 bits per heavy atom. The predicted octanol–water partition coefficient (Wildman–Crippen LogP) is 0.782. The summed E-state index contributed by atoms with van der Waals surface area (Å²) < 4.78 is 10.00. The minimum Gasteiger partial charge on any atom is -0.373 e. The number of hydrogen-bond donors (Lipinski definition) is 2. The largest absolute Gasteiger partial charge is 0.373 e. The van der Waals surface area contributed by atoms with Crippen LogP contribution in [0.5, 0.6) is 0 Å². The average molecular weight is 180 g/mol. The second kappa shape index (κ2) is 4.33. The lowest BCUT2D eigenvalue weighted by Gasteiger charge is -2.10. The van der Waals surface area contributed by atoms with Crippen LogP contribution in [0.4, 0.5) is 0 Å². The molecule has 0 spiro atoms. The van der Waals surface area contributed by atoms with Crippen molar-refractivity contribution in [2.24, 2.45) is 0 Å². The van der Waals surface area contributed by atoms with Crippen molar-refractivity contribution in [3.8, 4) is 0 Å². The molecular formula is C6H13O4P. The van der Waals surface area contributed by atoms with E-state index in [1.54, 1.807) is 0 Å². The summed E-state index contributed by atoms with van der Waals surface area (Å²) in [6.45, 7) is 2.30. The Balaban J connectivity index is 2.08. The molecule has 1 rings (SSSR count). The highest BCUT2D eigenvalue weighted by molar-refractivity contribution is 7.39. The Labute approximate surface area is 67.1 Å². The number of rotatable bonds is 3. The minimum atomic E-state index is -2.21. The summed E-state index contributed by atoms with van der Waals surface area (Å²) in [7, 11) is -2.21. The Hall–Kier alpha value is 0.270. The fourth-order valence-electron chi connectivity index (χ4n) is 1.16. The van der Waals surface area contributed by atoms with Crippen LogP contribution < -0.4 is 0 Å². The van der Waals surface area contributed by atoms with E-state index in [1.165, 1.54) is 0 Å². The molecule has 0 amide bonds. The van der Waals surface area contributed by atoms with Crippen molar-refractivity contribution >= 4 is 8.60 Å². The van der Waals surface area contributed by atoms with Gasteiger partial charge in [-0.15, -0.1) is 0 Å². The Morgan fingerprint density at radius 1 is 1.55 bits per heavy atom. The summed E-state index contributed by atoms with van der Waals surface area (Å²) in [6.07, 6.45) is 2.31. The maximum absolute atomic E-state index is 8.42. The van der Waals surface area contributed by atoms with Gasteiger partial charge in [0.05, 0.1) is 18.8 Å².